The SMILES string of the molecule is C=C(C)OC.CC(=O)N(C)C.CC(C)(C)O.CC(C)=O.CC(C)C.CC(F)(F)F.CC(F)F.CC1CC1.CC1CCN(C(=O)OC(C)(C)C)CC1.CC1CCOCC1.CCC.CCC(C)=O.CCC(F)(F)F.CCC(F)F.CCO.CN1CCOCC1.COC.Cc1ccc(F)cc1.Cc1ccccc1.Cc1cccs1.Cc1ccncc1. The van der Waals surface area contributed by atoms with Crippen LogP contribution < -0.4 is 0 Å². The zero-order valence-electron chi connectivity index (χ0n) is 79.8. The highest BCUT2D eigenvalue weighted by atomic mass is 32.1. The number of aryl methyl sites for hydroxylation is 4. The van der Waals surface area contributed by atoms with Gasteiger partial charge in [-0.15, -0.1) is 11.3 Å². The Morgan fingerprint density at radius 2 is 0.898 bits per heavy atom. The Morgan fingerprint density at radius 1 is 0.610 bits per heavy atom. The van der Waals surface area contributed by atoms with Crippen LogP contribution in [0.2, 0.25) is 0 Å². The number of ketones is 2. The van der Waals surface area contributed by atoms with Gasteiger partial charge in [0.15, 0.2) is 0 Å². The van der Waals surface area contributed by atoms with E-state index in [1.165, 1.54) is 92.8 Å². The normalized spacial score (nSPS) is 12.7. The monoisotopic (exact) mass is 1740 g/mol. The fourth-order valence-corrected chi connectivity index (χ4v) is 5.54. The van der Waals surface area contributed by atoms with E-state index in [9.17, 15) is 67.5 Å². The summed E-state index contributed by atoms with van der Waals surface area (Å²) in [5.74, 6) is 4.67. The van der Waals surface area contributed by atoms with Gasteiger partial charge in [0.05, 0.1) is 31.7 Å². The number of methoxy groups -OCH3 is 2. The van der Waals surface area contributed by atoms with Crippen molar-refractivity contribution < 1.29 is 101 Å². The summed E-state index contributed by atoms with van der Waals surface area (Å²) in [4.78, 5) is 51.8. The van der Waals surface area contributed by atoms with Crippen LogP contribution in [-0.4, -0.2) is 192 Å². The number of piperidine rings is 1. The number of aliphatic hydroxyl groups is 2. The Labute approximate surface area is 715 Å². The first-order chi connectivity index (χ1) is 54.0. The van der Waals surface area contributed by atoms with Crippen LogP contribution in [0.15, 0.2) is 109 Å². The molecular weight excluding hydrogens is 1570 g/mol. The highest BCUT2D eigenvalue weighted by molar-refractivity contribution is 7.09. The quantitative estimate of drug-likeness (QED) is 0.146. The van der Waals surface area contributed by atoms with Crippen LogP contribution in [0.5, 0.6) is 0 Å². The maximum absolute atomic E-state index is 12.1. The molecule has 0 radical (unpaired) electrons. The van der Waals surface area contributed by atoms with Gasteiger partial charge in [-0.25, -0.2) is 26.7 Å². The molecule has 8 rings (SSSR count). The number of likely N-dealkylation sites (tertiary alicyclic amines) is 1. The van der Waals surface area contributed by atoms with Crippen LogP contribution in [0, 0.1) is 57.2 Å². The molecule has 4 aromatic rings. The summed E-state index contributed by atoms with van der Waals surface area (Å²) < 4.78 is 142. The highest BCUT2D eigenvalue weighted by Crippen LogP contribution is 2.27. The van der Waals surface area contributed by atoms with Gasteiger partial charge in [-0.3, -0.25) is 9.78 Å². The number of Topliss-reactive ketones (excluding diaryl/α,β-unsaturated/α-hetero) is 2. The van der Waals surface area contributed by atoms with Gasteiger partial charge in [-0.1, -0.05) is 162 Å². The zero-order chi connectivity index (χ0) is 95.7. The van der Waals surface area contributed by atoms with Crippen LogP contribution in [-0.2, 0) is 38.1 Å². The van der Waals surface area contributed by atoms with Crippen molar-refractivity contribution in [2.45, 2.75) is 301 Å². The lowest BCUT2D eigenvalue weighted by Crippen LogP contribution is -2.41. The second kappa shape index (κ2) is 98.0. The van der Waals surface area contributed by atoms with E-state index in [4.69, 9.17) is 24.4 Å². The third-order valence-electron chi connectivity index (χ3n) is 11.7. The van der Waals surface area contributed by atoms with Crippen LogP contribution >= 0.6 is 11.3 Å². The van der Waals surface area contributed by atoms with E-state index in [0.717, 1.165) is 114 Å². The molecule has 3 saturated heterocycles. The molecule has 2 aromatic heterocycles. The molecule has 0 bridgehead atoms. The molecule has 15 nitrogen and oxygen atoms in total. The third kappa shape index (κ3) is 215. The first-order valence-corrected chi connectivity index (χ1v) is 41.1. The molecule has 0 unspecified atom stereocenters. The molecule has 5 heterocycles. The van der Waals surface area contributed by atoms with E-state index in [1.54, 1.807) is 113 Å². The minimum absolute atomic E-state index is 0.0278. The van der Waals surface area contributed by atoms with E-state index in [2.05, 4.69) is 132 Å². The summed E-state index contributed by atoms with van der Waals surface area (Å²) in [6.45, 7) is 63.1. The van der Waals surface area contributed by atoms with Gasteiger partial charge in [0.1, 0.15) is 23.0 Å². The fraction of sp³-hybridized carbons (Fsp3) is 0.703. The van der Waals surface area contributed by atoms with E-state index in [1.807, 2.05) is 76.8 Å². The number of aromatic nitrogens is 1. The van der Waals surface area contributed by atoms with Gasteiger partial charge in [0.2, 0.25) is 18.8 Å². The number of rotatable bonds is 3. The maximum Gasteiger partial charge on any atom is 0.410 e. The van der Waals surface area contributed by atoms with E-state index >= 15 is 0 Å². The number of pyridine rings is 1. The summed E-state index contributed by atoms with van der Waals surface area (Å²) in [6, 6.07) is 24.8. The van der Waals surface area contributed by atoms with Gasteiger partial charge < -0.3 is 58.2 Å². The number of nitrogens with zero attached hydrogens (tertiary/aromatic N) is 4. The van der Waals surface area contributed by atoms with Crippen molar-refractivity contribution in [2.24, 2.45) is 23.7 Å². The number of carbonyl (C=O) groups is 4. The first kappa shape index (κ1) is 141. The van der Waals surface area contributed by atoms with Crippen molar-refractivity contribution in [3.63, 3.8) is 0 Å². The molecule has 1 aliphatic carbocycles. The lowest BCUT2D eigenvalue weighted by Gasteiger charge is -2.32. The average molecular weight is 1740 g/mol. The molecule has 27 heteroatoms. The minimum Gasteiger partial charge on any atom is -0.502 e. The molecule has 4 fully saturated rings. The van der Waals surface area contributed by atoms with Crippen molar-refractivity contribution in [1.29, 1.82) is 0 Å². The number of hydrogen-bond acceptors (Lipinski definition) is 14. The van der Waals surface area contributed by atoms with E-state index < -0.39 is 37.2 Å². The van der Waals surface area contributed by atoms with Crippen molar-refractivity contribution in [1.82, 2.24) is 19.7 Å². The largest absolute Gasteiger partial charge is 0.502 e. The second-order valence-electron chi connectivity index (χ2n) is 29.9. The molecule has 2 amide bonds. The van der Waals surface area contributed by atoms with Gasteiger partial charge >= 0.3 is 18.4 Å². The van der Waals surface area contributed by atoms with Crippen molar-refractivity contribution in [3.05, 3.63) is 136 Å². The first-order valence-electron chi connectivity index (χ1n) is 40.2. The Morgan fingerprint density at radius 3 is 1.05 bits per heavy atom. The number of likely N-dealkylation sites (N-methyl/N-ethyl adjacent to an activating group) is 1. The third-order valence-corrected chi connectivity index (χ3v) is 12.5. The maximum atomic E-state index is 12.1. The summed E-state index contributed by atoms with van der Waals surface area (Å²) >= 11 is 1.78. The summed E-state index contributed by atoms with van der Waals surface area (Å²) in [7, 11) is 10.4. The number of benzene rings is 2. The topological polar surface area (TPSA) is 178 Å². The van der Waals surface area contributed by atoms with Gasteiger partial charge in [-0.2, -0.15) is 26.3 Å². The van der Waals surface area contributed by atoms with Gasteiger partial charge in [0, 0.05) is 125 Å². The number of halogens is 11. The van der Waals surface area contributed by atoms with Crippen molar-refractivity contribution in [2.75, 3.05) is 102 Å². The lowest BCUT2D eigenvalue weighted by atomic mass is 10.00. The summed E-state index contributed by atoms with van der Waals surface area (Å²) in [6.07, 6.45) is 0.0234. The van der Waals surface area contributed by atoms with Crippen molar-refractivity contribution in [3.8, 4) is 0 Å². The van der Waals surface area contributed by atoms with Crippen LogP contribution in [0.4, 0.5) is 53.1 Å². The summed E-state index contributed by atoms with van der Waals surface area (Å²) in [5, 5.41) is 18.2. The Balaban J connectivity index is -0.0000000903. The van der Waals surface area contributed by atoms with Gasteiger partial charge in [-0.05, 0) is 208 Å². The number of amides is 2. The molecule has 702 valence electrons. The standard InChI is InChI=1S/C11H21NO2.C7H7F.C7H8.C6H7N.C6H12O.C5H11NO.C5H6S.C4H9NO.C4H8O.C4H10O.C4H8O.C4H8.C4H10.C3H5F3.C3H6F2.C3H6O.C3H8.C2H3F3.C2H4F2.2C2H6O/c1-9-5-7-12(8-6-9)10(13)14-11(2,3)4;1-6-2-4-7(8)5-3-6;1-7-5-3-2-4-6-7;3*1-6-2-4-7-5-3-6;1-5-3-2-4-6-5;1-4(6)5(2)3;1-4(2)5-3;1-4(2,3)5;1-3-4(2)5;1-4-2-3-4;1-4(2)3;1-2-3(4,5)6;1-2-3(4)5;1-3(2)4;1-3-2;1-2(3,4)5;1-2(3)4;1-3-2;1-2-3/h9H,5-8H2,1-4H3;2-5H,1H3;2-6H,1H3;2-5H,1H3;6H,2-5H2,1H3;2-5H2,1H3;2-4H,1H3;1-3H3;1H2,2-3H3;5H,1-3H3;3H2,1-2H3;4H,2-3H2,1H3;4H,1-3H3;2H2,1H3;3H,2H2,1H3;1-2H3;3H2,1-2H3;1H3;2H,1H3;1-2H3;3H,2H2,1H3. The Kier molecular flexibility index (Phi) is 117. The number of aliphatic hydroxyl groups excluding tert-OH is 1. The predicted molar refractivity (Wildman–Crippen MR) is 476 cm³/mol. The van der Waals surface area contributed by atoms with Crippen LogP contribution in [0.3, 0.4) is 0 Å². The number of ether oxygens (including phenoxy) is 5. The molecule has 1 saturated carbocycles. The average Bonchev–Trinajstić information content (AvgIpc) is 1.05. The molecule has 2 N–H and O–H groups in total. The zero-order valence-corrected chi connectivity index (χ0v) is 80.6. The second-order valence-corrected chi connectivity index (χ2v) is 31.1. The van der Waals surface area contributed by atoms with E-state index in [-0.39, 0.29) is 54.9 Å². The van der Waals surface area contributed by atoms with E-state index in [0.29, 0.717) is 6.42 Å². The molecular formula is C91H169F11N4O11S. The Hall–Kier alpha value is -6.10. The lowest BCUT2D eigenvalue weighted by molar-refractivity contribution is -0.130. The molecule has 118 heavy (non-hydrogen) atoms. The smallest absolute Gasteiger partial charge is 0.410 e. The highest BCUT2D eigenvalue weighted by Gasteiger charge is 2.25. The number of hydrogen-bond donors (Lipinski definition) is 2. The summed E-state index contributed by atoms with van der Waals surface area (Å²) in [5.41, 5.74) is 2.80. The number of carbonyl (C=O) groups excluding carboxylic acids is 4. The number of thiophene rings is 1. The number of alkyl halides is 10. The molecule has 0 atom stereocenters. The molecule has 3 aliphatic heterocycles. The van der Waals surface area contributed by atoms with Crippen LogP contribution in [0.1, 0.15) is 259 Å². The number of morpholine rings is 1. The van der Waals surface area contributed by atoms with Gasteiger partial charge in [0.25, 0.3) is 0 Å². The molecule has 0 spiro atoms. The molecule has 2 aromatic carbocycles. The number of allylic oxidation sites excluding steroid dienone is 1. The fourth-order valence-electron chi connectivity index (χ4n) is 5.01. The Bertz CT molecular complexity index is 2500. The molecule has 4 aliphatic rings. The minimum atomic E-state index is -4.00. The van der Waals surface area contributed by atoms with Crippen molar-refractivity contribution >= 4 is 34.9 Å². The predicted octanol–water partition coefficient (Wildman–Crippen LogP) is 26.4. The van der Waals surface area contributed by atoms with Crippen LogP contribution in [0.25, 0.3) is 0 Å².